The highest BCUT2D eigenvalue weighted by Crippen LogP contribution is 2.22. The highest BCUT2D eigenvalue weighted by Gasteiger charge is 2.15. The number of hydrogen-bond acceptors (Lipinski definition) is 5. The predicted octanol–water partition coefficient (Wildman–Crippen LogP) is 2.02. The number of hydrogen-bond donors (Lipinski definition) is 2. The number of carbonyl (C=O) groups is 1. The molecule has 0 aliphatic carbocycles. The lowest BCUT2D eigenvalue weighted by atomic mass is 10.0. The molecule has 0 radical (unpaired) electrons. The zero-order valence-electron chi connectivity index (χ0n) is 12.4. The summed E-state index contributed by atoms with van der Waals surface area (Å²) in [5.41, 5.74) is 0.535. The Morgan fingerprint density at radius 3 is 3.19 bits per heavy atom. The van der Waals surface area contributed by atoms with Crippen molar-refractivity contribution in [2.45, 2.75) is 31.7 Å². The molecule has 1 aromatic heterocycles. The Morgan fingerprint density at radius 2 is 2.48 bits per heavy atom. The SMILES string of the molecule is CN(CCC(=O)Nc1sccc1C#N)CC1CCCCN1. The van der Waals surface area contributed by atoms with Gasteiger partial charge in [-0.2, -0.15) is 5.26 Å². The number of anilines is 1. The molecule has 1 saturated heterocycles. The van der Waals surface area contributed by atoms with Crippen LogP contribution in [0.4, 0.5) is 5.00 Å². The molecule has 21 heavy (non-hydrogen) atoms. The first-order valence-corrected chi connectivity index (χ1v) is 8.26. The Morgan fingerprint density at radius 1 is 1.62 bits per heavy atom. The lowest BCUT2D eigenvalue weighted by Gasteiger charge is -2.28. The van der Waals surface area contributed by atoms with Crippen molar-refractivity contribution in [3.63, 3.8) is 0 Å². The molecule has 0 bridgehead atoms. The normalized spacial score (nSPS) is 18.4. The molecule has 114 valence electrons. The van der Waals surface area contributed by atoms with Crippen molar-refractivity contribution in [2.24, 2.45) is 0 Å². The number of thiophene rings is 1. The topological polar surface area (TPSA) is 68.2 Å². The van der Waals surface area contributed by atoms with Crippen LogP contribution in [0.2, 0.25) is 0 Å². The van der Waals surface area contributed by atoms with Gasteiger partial charge in [-0.3, -0.25) is 4.79 Å². The number of nitriles is 1. The average molecular weight is 306 g/mol. The van der Waals surface area contributed by atoms with Crippen molar-refractivity contribution in [3.05, 3.63) is 17.0 Å². The standard InChI is InChI=1S/C15H22N4OS/c1-19(11-13-4-2-3-7-17-13)8-5-14(20)18-15-12(10-16)6-9-21-15/h6,9,13,17H,2-5,7-8,11H2,1H3,(H,18,20). The molecule has 6 heteroatoms. The minimum absolute atomic E-state index is 0.0302. The number of likely N-dealkylation sites (N-methyl/N-ethyl adjacent to an activating group) is 1. The van der Waals surface area contributed by atoms with Crippen LogP contribution < -0.4 is 10.6 Å². The predicted molar refractivity (Wildman–Crippen MR) is 85.4 cm³/mol. The minimum Gasteiger partial charge on any atom is -0.317 e. The van der Waals surface area contributed by atoms with Gasteiger partial charge in [0.25, 0.3) is 0 Å². The average Bonchev–Trinajstić information content (AvgIpc) is 2.93. The minimum atomic E-state index is -0.0302. The summed E-state index contributed by atoms with van der Waals surface area (Å²) in [6.07, 6.45) is 4.23. The monoisotopic (exact) mass is 306 g/mol. The van der Waals surface area contributed by atoms with E-state index >= 15 is 0 Å². The van der Waals surface area contributed by atoms with Gasteiger partial charge in [0, 0.05) is 25.6 Å². The lowest BCUT2D eigenvalue weighted by Crippen LogP contribution is -2.43. The Labute approximate surface area is 129 Å². The second-order valence-corrected chi connectivity index (χ2v) is 6.40. The summed E-state index contributed by atoms with van der Waals surface area (Å²) in [6.45, 7) is 2.82. The summed E-state index contributed by atoms with van der Waals surface area (Å²) in [5.74, 6) is -0.0302. The smallest absolute Gasteiger partial charge is 0.226 e. The van der Waals surface area contributed by atoms with Gasteiger partial charge in [-0.15, -0.1) is 11.3 Å². The summed E-state index contributed by atoms with van der Waals surface area (Å²) in [5, 5.41) is 17.7. The van der Waals surface area contributed by atoms with E-state index in [4.69, 9.17) is 5.26 Å². The van der Waals surface area contributed by atoms with E-state index in [1.807, 2.05) is 5.38 Å². The molecule has 1 fully saturated rings. The second kappa shape index (κ2) is 8.13. The molecule has 1 unspecified atom stereocenters. The summed E-state index contributed by atoms with van der Waals surface area (Å²) in [4.78, 5) is 14.1. The van der Waals surface area contributed by atoms with Gasteiger partial charge in [-0.05, 0) is 37.9 Å². The van der Waals surface area contributed by atoms with E-state index in [1.54, 1.807) is 6.07 Å². The van der Waals surface area contributed by atoms with E-state index in [0.29, 0.717) is 23.0 Å². The third kappa shape index (κ3) is 5.12. The van der Waals surface area contributed by atoms with Gasteiger partial charge in [0.1, 0.15) is 11.1 Å². The first kappa shape index (κ1) is 16.0. The molecule has 0 saturated carbocycles. The Hall–Kier alpha value is -1.42. The van der Waals surface area contributed by atoms with Crippen LogP contribution in [0.1, 0.15) is 31.2 Å². The van der Waals surface area contributed by atoms with E-state index in [0.717, 1.165) is 19.6 Å². The summed E-state index contributed by atoms with van der Waals surface area (Å²) in [7, 11) is 2.05. The maximum absolute atomic E-state index is 11.9. The van der Waals surface area contributed by atoms with Crippen LogP contribution in [-0.2, 0) is 4.79 Å². The number of amides is 1. The molecule has 2 rings (SSSR count). The van der Waals surface area contributed by atoms with E-state index in [2.05, 4.69) is 28.7 Å². The maximum Gasteiger partial charge on any atom is 0.226 e. The quantitative estimate of drug-likeness (QED) is 0.844. The largest absolute Gasteiger partial charge is 0.317 e. The van der Waals surface area contributed by atoms with Gasteiger partial charge >= 0.3 is 0 Å². The van der Waals surface area contributed by atoms with E-state index < -0.39 is 0 Å². The summed E-state index contributed by atoms with van der Waals surface area (Å²) >= 11 is 1.39. The third-order valence-electron chi connectivity index (χ3n) is 3.70. The summed E-state index contributed by atoms with van der Waals surface area (Å²) in [6, 6.07) is 4.35. The van der Waals surface area contributed by atoms with Crippen molar-refractivity contribution in [3.8, 4) is 6.07 Å². The molecule has 2 heterocycles. The Balaban J connectivity index is 1.69. The van der Waals surface area contributed by atoms with Crippen molar-refractivity contribution in [1.29, 1.82) is 5.26 Å². The summed E-state index contributed by atoms with van der Waals surface area (Å²) < 4.78 is 0. The Kier molecular flexibility index (Phi) is 6.18. The molecule has 1 aromatic rings. The molecule has 1 aliphatic rings. The number of piperidine rings is 1. The van der Waals surface area contributed by atoms with E-state index in [1.165, 1.54) is 30.6 Å². The third-order valence-corrected chi connectivity index (χ3v) is 4.53. The van der Waals surface area contributed by atoms with Crippen LogP contribution in [-0.4, -0.2) is 43.5 Å². The van der Waals surface area contributed by atoms with Crippen LogP contribution in [0.25, 0.3) is 0 Å². The second-order valence-electron chi connectivity index (χ2n) is 5.48. The van der Waals surface area contributed by atoms with Crippen LogP contribution in [0.5, 0.6) is 0 Å². The number of nitrogens with zero attached hydrogens (tertiary/aromatic N) is 2. The van der Waals surface area contributed by atoms with Crippen LogP contribution in [0.3, 0.4) is 0 Å². The molecule has 0 spiro atoms. The fourth-order valence-corrected chi connectivity index (χ4v) is 3.28. The van der Waals surface area contributed by atoms with Crippen LogP contribution in [0.15, 0.2) is 11.4 Å². The maximum atomic E-state index is 11.9. The van der Waals surface area contributed by atoms with Crippen molar-refractivity contribution in [1.82, 2.24) is 10.2 Å². The van der Waals surface area contributed by atoms with E-state index in [9.17, 15) is 4.79 Å². The molecule has 1 atom stereocenters. The first-order valence-electron chi connectivity index (χ1n) is 7.38. The van der Waals surface area contributed by atoms with Crippen LogP contribution in [0, 0.1) is 11.3 Å². The number of nitrogens with one attached hydrogen (secondary N) is 2. The molecular formula is C15H22N4OS. The van der Waals surface area contributed by atoms with Crippen molar-refractivity contribution in [2.75, 3.05) is 32.0 Å². The van der Waals surface area contributed by atoms with Crippen molar-refractivity contribution >= 4 is 22.2 Å². The lowest BCUT2D eigenvalue weighted by molar-refractivity contribution is -0.116. The highest BCUT2D eigenvalue weighted by atomic mass is 32.1. The van der Waals surface area contributed by atoms with E-state index in [-0.39, 0.29) is 5.91 Å². The fourth-order valence-electron chi connectivity index (χ4n) is 2.52. The van der Waals surface area contributed by atoms with Gasteiger partial charge in [0.15, 0.2) is 0 Å². The van der Waals surface area contributed by atoms with Gasteiger partial charge in [0.2, 0.25) is 5.91 Å². The van der Waals surface area contributed by atoms with Crippen LogP contribution >= 0.6 is 11.3 Å². The molecule has 0 aromatic carbocycles. The molecule has 1 aliphatic heterocycles. The first-order chi connectivity index (χ1) is 10.2. The fraction of sp³-hybridized carbons (Fsp3) is 0.600. The number of carbonyl (C=O) groups excluding carboxylic acids is 1. The van der Waals surface area contributed by atoms with Gasteiger partial charge < -0.3 is 15.5 Å². The zero-order valence-corrected chi connectivity index (χ0v) is 13.2. The molecular weight excluding hydrogens is 284 g/mol. The van der Waals surface area contributed by atoms with Crippen molar-refractivity contribution < 1.29 is 4.79 Å². The van der Waals surface area contributed by atoms with Gasteiger partial charge in [-0.25, -0.2) is 0 Å². The number of rotatable bonds is 6. The molecule has 1 amide bonds. The highest BCUT2D eigenvalue weighted by molar-refractivity contribution is 7.14. The van der Waals surface area contributed by atoms with Gasteiger partial charge in [0.05, 0.1) is 5.56 Å². The molecule has 2 N–H and O–H groups in total. The van der Waals surface area contributed by atoms with Gasteiger partial charge in [-0.1, -0.05) is 6.42 Å². The molecule has 5 nitrogen and oxygen atoms in total. The Bertz CT molecular complexity index is 502. The zero-order chi connectivity index (χ0) is 15.1.